The molecule has 6 nitrogen and oxygen atoms in total. The van der Waals surface area contributed by atoms with Gasteiger partial charge in [-0.15, -0.1) is 0 Å². The van der Waals surface area contributed by atoms with Crippen molar-refractivity contribution in [2.45, 2.75) is 36.2 Å². The first-order valence-electron chi connectivity index (χ1n) is 8.83. The maximum absolute atomic E-state index is 13.0. The third-order valence-electron chi connectivity index (χ3n) is 3.39. The summed E-state index contributed by atoms with van der Waals surface area (Å²) in [5.74, 6) is -1.33. The van der Waals surface area contributed by atoms with E-state index in [-0.39, 0.29) is 17.1 Å². The maximum Gasteiger partial charge on any atom is 0.377 e. The van der Waals surface area contributed by atoms with Gasteiger partial charge in [0.05, 0.1) is 14.2 Å². The fourth-order valence-electron chi connectivity index (χ4n) is 2.27. The number of ether oxygens (including phenoxy) is 4. The second-order valence-electron chi connectivity index (χ2n) is 6.86. The third kappa shape index (κ3) is 6.57. The number of hydrogen-bond donors (Lipinski definition) is 0. The second kappa shape index (κ2) is 10.0. The lowest BCUT2D eigenvalue weighted by Crippen LogP contribution is -2.25. The number of hydrogen-bond acceptors (Lipinski definition) is 7. The van der Waals surface area contributed by atoms with Crippen LogP contribution in [0.3, 0.4) is 0 Å². The Labute approximate surface area is 174 Å². The van der Waals surface area contributed by atoms with Crippen LogP contribution in [-0.2, 0) is 19.0 Å². The Morgan fingerprint density at radius 3 is 2.24 bits per heavy atom. The van der Waals surface area contributed by atoms with Gasteiger partial charge in [0.2, 0.25) is 5.76 Å². The normalized spacial score (nSPS) is 11.6. The van der Waals surface area contributed by atoms with E-state index < -0.39 is 17.5 Å². The van der Waals surface area contributed by atoms with Crippen LogP contribution in [0.15, 0.2) is 70.3 Å². The first-order chi connectivity index (χ1) is 13.7. The van der Waals surface area contributed by atoms with Crippen LogP contribution < -0.4 is 4.74 Å². The van der Waals surface area contributed by atoms with Crippen molar-refractivity contribution in [3.63, 3.8) is 0 Å². The number of methoxy groups -OCH3 is 2. The smallest absolute Gasteiger partial charge is 0.377 e. The lowest BCUT2D eigenvalue weighted by Gasteiger charge is -2.22. The van der Waals surface area contributed by atoms with E-state index in [4.69, 9.17) is 18.9 Å². The zero-order valence-electron chi connectivity index (χ0n) is 17.1. The first-order valence-corrected chi connectivity index (χ1v) is 9.65. The predicted molar refractivity (Wildman–Crippen MR) is 110 cm³/mol. The molecule has 0 aromatic heterocycles. The minimum absolute atomic E-state index is 0.161. The largest absolute Gasteiger partial charge is 0.500 e. The Kier molecular flexibility index (Phi) is 7.73. The summed E-state index contributed by atoms with van der Waals surface area (Å²) in [4.78, 5) is 26.5. The molecular weight excluding hydrogens is 392 g/mol. The molecule has 0 aliphatic heterocycles. The Hall–Kier alpha value is -2.93. The van der Waals surface area contributed by atoms with Crippen molar-refractivity contribution in [1.82, 2.24) is 0 Å². The Balaban J connectivity index is 2.51. The molecule has 29 heavy (non-hydrogen) atoms. The van der Waals surface area contributed by atoms with Gasteiger partial charge in [-0.25, -0.2) is 9.59 Å². The fourth-order valence-corrected chi connectivity index (χ4v) is 3.25. The van der Waals surface area contributed by atoms with Crippen LogP contribution in [0.4, 0.5) is 0 Å². The molecule has 2 aromatic carbocycles. The summed E-state index contributed by atoms with van der Waals surface area (Å²) in [5.41, 5.74) is -0.492. The van der Waals surface area contributed by atoms with Gasteiger partial charge in [0, 0.05) is 9.79 Å². The topological polar surface area (TPSA) is 71.1 Å². The van der Waals surface area contributed by atoms with Gasteiger partial charge in [0.1, 0.15) is 23.2 Å². The molecule has 0 spiro atoms. The molecule has 0 heterocycles. The van der Waals surface area contributed by atoms with Gasteiger partial charge in [-0.3, -0.25) is 0 Å². The molecule has 0 aliphatic carbocycles. The highest BCUT2D eigenvalue weighted by atomic mass is 32.2. The van der Waals surface area contributed by atoms with Crippen molar-refractivity contribution in [2.24, 2.45) is 0 Å². The van der Waals surface area contributed by atoms with Gasteiger partial charge in [-0.05, 0) is 45.0 Å². The van der Waals surface area contributed by atoms with Gasteiger partial charge in [-0.2, -0.15) is 0 Å². The number of carbonyl (C=O) groups excluding carboxylic acids is 2. The van der Waals surface area contributed by atoms with Crippen LogP contribution >= 0.6 is 11.8 Å². The van der Waals surface area contributed by atoms with Crippen LogP contribution in [0.2, 0.25) is 0 Å². The SMILES string of the molecule is CO/C=C(/Oc1cccc(Sc2ccccc2)c1C(=O)OC(C)(C)C)C(=O)OC. The van der Waals surface area contributed by atoms with Gasteiger partial charge < -0.3 is 18.9 Å². The van der Waals surface area contributed by atoms with Crippen molar-refractivity contribution in [1.29, 1.82) is 0 Å². The molecule has 0 aliphatic rings. The molecule has 0 saturated carbocycles. The Morgan fingerprint density at radius 1 is 0.966 bits per heavy atom. The van der Waals surface area contributed by atoms with E-state index in [1.165, 1.54) is 26.0 Å². The zero-order valence-corrected chi connectivity index (χ0v) is 17.9. The van der Waals surface area contributed by atoms with E-state index in [0.29, 0.717) is 4.90 Å². The summed E-state index contributed by atoms with van der Waals surface area (Å²) in [6, 6.07) is 14.7. The van der Waals surface area contributed by atoms with E-state index in [9.17, 15) is 9.59 Å². The molecule has 154 valence electrons. The van der Waals surface area contributed by atoms with Crippen molar-refractivity contribution >= 4 is 23.7 Å². The van der Waals surface area contributed by atoms with E-state index in [2.05, 4.69) is 0 Å². The van der Waals surface area contributed by atoms with E-state index >= 15 is 0 Å². The minimum Gasteiger partial charge on any atom is -0.500 e. The van der Waals surface area contributed by atoms with E-state index in [0.717, 1.165) is 11.2 Å². The summed E-state index contributed by atoms with van der Waals surface area (Å²) in [6.45, 7) is 5.34. The first kappa shape index (κ1) is 22.4. The average Bonchev–Trinajstić information content (AvgIpc) is 2.66. The van der Waals surface area contributed by atoms with Gasteiger partial charge in [0.25, 0.3) is 0 Å². The lowest BCUT2D eigenvalue weighted by atomic mass is 10.1. The summed E-state index contributed by atoms with van der Waals surface area (Å²) in [5, 5.41) is 0. The molecule has 0 atom stereocenters. The quantitative estimate of drug-likeness (QED) is 0.364. The molecular formula is C22H24O6S. The molecule has 2 rings (SSSR count). The van der Waals surface area contributed by atoms with Crippen LogP contribution in [0.1, 0.15) is 31.1 Å². The van der Waals surface area contributed by atoms with Gasteiger partial charge in [0.15, 0.2) is 0 Å². The highest BCUT2D eigenvalue weighted by Crippen LogP contribution is 2.36. The molecule has 7 heteroatoms. The molecule has 2 aromatic rings. The standard InChI is InChI=1S/C22H24O6S/c1-22(2,3)28-21(24)19-16(27-17(14-25-4)20(23)26-5)12-9-13-18(19)29-15-10-7-6-8-11-15/h6-14H,1-5H3/b17-14+. The predicted octanol–water partition coefficient (Wildman–Crippen LogP) is 4.83. The van der Waals surface area contributed by atoms with E-state index in [1.807, 2.05) is 30.3 Å². The highest BCUT2D eigenvalue weighted by molar-refractivity contribution is 7.99. The molecule has 0 saturated heterocycles. The summed E-state index contributed by atoms with van der Waals surface area (Å²) in [6.07, 6.45) is 1.11. The number of esters is 2. The number of rotatable bonds is 7. The van der Waals surface area contributed by atoms with Crippen molar-refractivity contribution in [3.05, 3.63) is 66.1 Å². The monoisotopic (exact) mass is 416 g/mol. The van der Waals surface area contributed by atoms with Gasteiger partial charge in [-0.1, -0.05) is 36.0 Å². The zero-order chi connectivity index (χ0) is 21.4. The van der Waals surface area contributed by atoms with Crippen LogP contribution in [0.5, 0.6) is 5.75 Å². The number of benzene rings is 2. The van der Waals surface area contributed by atoms with Crippen LogP contribution in [-0.4, -0.2) is 31.8 Å². The van der Waals surface area contributed by atoms with Crippen molar-refractivity contribution in [3.8, 4) is 5.75 Å². The van der Waals surface area contributed by atoms with Crippen molar-refractivity contribution < 1.29 is 28.5 Å². The highest BCUT2D eigenvalue weighted by Gasteiger charge is 2.26. The van der Waals surface area contributed by atoms with Crippen LogP contribution in [0.25, 0.3) is 0 Å². The average molecular weight is 416 g/mol. The minimum atomic E-state index is -0.733. The molecule has 0 fully saturated rings. The number of carbonyl (C=O) groups is 2. The summed E-state index contributed by atoms with van der Waals surface area (Å²) >= 11 is 1.39. The summed E-state index contributed by atoms with van der Waals surface area (Å²) in [7, 11) is 2.61. The molecule has 0 radical (unpaired) electrons. The molecule has 0 amide bonds. The van der Waals surface area contributed by atoms with Gasteiger partial charge >= 0.3 is 11.9 Å². The van der Waals surface area contributed by atoms with E-state index in [1.54, 1.807) is 39.0 Å². The Bertz CT molecular complexity index is 884. The van der Waals surface area contributed by atoms with Crippen molar-refractivity contribution in [2.75, 3.05) is 14.2 Å². The second-order valence-corrected chi connectivity index (χ2v) is 7.97. The third-order valence-corrected chi connectivity index (χ3v) is 4.46. The van der Waals surface area contributed by atoms with Crippen LogP contribution in [0, 0.1) is 0 Å². The Morgan fingerprint density at radius 2 is 1.66 bits per heavy atom. The summed E-state index contributed by atoms with van der Waals surface area (Å²) < 4.78 is 20.9. The molecule has 0 unspecified atom stereocenters. The molecule has 0 N–H and O–H groups in total. The molecule has 0 bridgehead atoms. The maximum atomic E-state index is 13.0. The lowest BCUT2D eigenvalue weighted by molar-refractivity contribution is -0.138. The fraction of sp³-hybridized carbons (Fsp3) is 0.273.